The highest BCUT2D eigenvalue weighted by Crippen LogP contribution is 2.22. The Hall–Kier alpha value is -3.06. The van der Waals surface area contributed by atoms with Crippen LogP contribution in [0.1, 0.15) is 15.4 Å². The van der Waals surface area contributed by atoms with E-state index in [9.17, 15) is 14.0 Å². The quantitative estimate of drug-likeness (QED) is 0.374. The van der Waals surface area contributed by atoms with Crippen molar-refractivity contribution in [3.8, 4) is 5.75 Å². The second-order valence-corrected chi connectivity index (χ2v) is 6.30. The molecule has 0 saturated carbocycles. The molecule has 26 heavy (non-hydrogen) atoms. The molecular weight excluding hydrogens is 357 g/mol. The number of halogens is 1. The summed E-state index contributed by atoms with van der Waals surface area (Å²) in [5, 5.41) is 0.659. The maximum absolute atomic E-state index is 13.6. The van der Waals surface area contributed by atoms with E-state index < -0.39 is 24.2 Å². The van der Waals surface area contributed by atoms with Gasteiger partial charge in [0.25, 0.3) is 0 Å². The molecule has 2 aromatic carbocycles. The number of hydrogen-bond acceptors (Lipinski definition) is 6. The number of benzene rings is 2. The third-order valence-electron chi connectivity index (χ3n) is 3.49. The average Bonchev–Trinajstić information content (AvgIpc) is 3.07. The highest BCUT2D eigenvalue weighted by Gasteiger charge is 2.12. The maximum atomic E-state index is 13.6. The van der Waals surface area contributed by atoms with E-state index >= 15 is 0 Å². The Morgan fingerprint density at radius 3 is 2.77 bits per heavy atom. The summed E-state index contributed by atoms with van der Waals surface area (Å²) in [5.74, 6) is -1.79. The molecule has 1 heterocycles. The normalized spacial score (nSPS) is 11.0. The summed E-state index contributed by atoms with van der Waals surface area (Å²) < 4.78 is 24.3. The van der Waals surface area contributed by atoms with E-state index in [0.717, 1.165) is 16.3 Å². The monoisotopic (exact) mass is 371 g/mol. The van der Waals surface area contributed by atoms with Crippen molar-refractivity contribution in [1.29, 1.82) is 0 Å². The Labute approximate surface area is 152 Å². The predicted octanol–water partition coefficient (Wildman–Crippen LogP) is 3.88. The average molecular weight is 371 g/mol. The molecule has 3 rings (SSSR count). The number of ether oxygens (including phenoxy) is 2. The van der Waals surface area contributed by atoms with Gasteiger partial charge in [0, 0.05) is 11.6 Å². The van der Waals surface area contributed by atoms with E-state index in [1.54, 1.807) is 0 Å². The lowest BCUT2D eigenvalue weighted by Gasteiger charge is -2.05. The van der Waals surface area contributed by atoms with Crippen LogP contribution in [0.15, 0.2) is 48.5 Å². The molecule has 0 aliphatic rings. The first-order valence-electron chi connectivity index (χ1n) is 7.64. The number of methoxy groups -OCH3 is 1. The van der Waals surface area contributed by atoms with Gasteiger partial charge in [-0.2, -0.15) is 0 Å². The predicted molar refractivity (Wildman–Crippen MR) is 96.9 cm³/mol. The van der Waals surface area contributed by atoms with Gasteiger partial charge in [0.05, 0.1) is 17.3 Å². The molecule has 5 nitrogen and oxygen atoms in total. The summed E-state index contributed by atoms with van der Waals surface area (Å²) in [7, 11) is 1.33. The van der Waals surface area contributed by atoms with Crippen LogP contribution in [0.25, 0.3) is 16.3 Å². The zero-order chi connectivity index (χ0) is 18.5. The first-order valence-corrected chi connectivity index (χ1v) is 8.45. The van der Waals surface area contributed by atoms with Crippen molar-refractivity contribution in [2.45, 2.75) is 0 Å². The van der Waals surface area contributed by atoms with Gasteiger partial charge in [-0.25, -0.2) is 14.2 Å². The number of rotatable bonds is 6. The van der Waals surface area contributed by atoms with Gasteiger partial charge in [0.2, 0.25) is 0 Å². The third-order valence-corrected chi connectivity index (χ3v) is 4.49. The molecule has 0 bridgehead atoms. The molecule has 0 unspecified atom stereocenters. The number of thiazole rings is 1. The minimum atomic E-state index is -0.674. The summed E-state index contributed by atoms with van der Waals surface area (Å²) >= 11 is 1.44. The molecule has 0 fully saturated rings. The Morgan fingerprint density at radius 1 is 1.23 bits per heavy atom. The van der Waals surface area contributed by atoms with E-state index in [1.165, 1.54) is 42.7 Å². The van der Waals surface area contributed by atoms with E-state index in [-0.39, 0.29) is 11.3 Å². The van der Waals surface area contributed by atoms with Crippen molar-refractivity contribution in [3.05, 3.63) is 64.9 Å². The Bertz CT molecular complexity index is 963. The molecule has 0 aliphatic carbocycles. The first kappa shape index (κ1) is 17.8. The van der Waals surface area contributed by atoms with Gasteiger partial charge in [-0.05, 0) is 36.4 Å². The van der Waals surface area contributed by atoms with Crippen molar-refractivity contribution < 1.29 is 23.5 Å². The van der Waals surface area contributed by atoms with Crippen molar-refractivity contribution in [1.82, 2.24) is 4.98 Å². The number of Topliss-reactive ketones (excluding diaryl/α,β-unsaturated/α-hetero) is 1. The number of carbonyl (C=O) groups excluding carboxylic acids is 2. The van der Waals surface area contributed by atoms with Crippen LogP contribution >= 0.6 is 11.3 Å². The Balaban J connectivity index is 1.58. The van der Waals surface area contributed by atoms with Crippen LogP contribution in [0.4, 0.5) is 4.39 Å². The maximum Gasteiger partial charge on any atom is 0.331 e. The van der Waals surface area contributed by atoms with Crippen molar-refractivity contribution in [2.24, 2.45) is 0 Å². The zero-order valence-electron chi connectivity index (χ0n) is 13.8. The van der Waals surface area contributed by atoms with E-state index in [4.69, 9.17) is 9.47 Å². The standard InChI is InChI=1S/C19H14FNO4S/c1-24-16-7-6-12(10-13(16)20)15(22)11-25-19(23)9-8-18-21-14-4-2-3-5-17(14)26-18/h2-10H,11H2,1H3/b9-8+. The summed E-state index contributed by atoms with van der Waals surface area (Å²) in [4.78, 5) is 28.1. The summed E-state index contributed by atoms with van der Waals surface area (Å²) in [5.41, 5.74) is 0.952. The molecule has 0 saturated heterocycles. The van der Waals surface area contributed by atoms with Crippen molar-refractivity contribution >= 4 is 39.4 Å². The molecule has 1 aromatic heterocycles. The number of fused-ring (bicyclic) bond motifs is 1. The number of aromatic nitrogens is 1. The van der Waals surface area contributed by atoms with Crippen LogP contribution in [0.3, 0.4) is 0 Å². The second-order valence-electron chi connectivity index (χ2n) is 5.23. The smallest absolute Gasteiger partial charge is 0.331 e. The minimum absolute atomic E-state index is 0.0392. The second kappa shape index (κ2) is 7.88. The summed E-state index contributed by atoms with van der Waals surface area (Å²) in [6.45, 7) is -0.477. The molecular formula is C19H14FNO4S. The van der Waals surface area contributed by atoms with Crippen molar-refractivity contribution in [3.63, 3.8) is 0 Å². The van der Waals surface area contributed by atoms with Gasteiger partial charge in [0.1, 0.15) is 5.01 Å². The van der Waals surface area contributed by atoms with Crippen LogP contribution in [0.5, 0.6) is 5.75 Å². The van der Waals surface area contributed by atoms with Crippen LogP contribution in [0.2, 0.25) is 0 Å². The molecule has 0 N–H and O–H groups in total. The number of nitrogens with zero attached hydrogens (tertiary/aromatic N) is 1. The van der Waals surface area contributed by atoms with E-state index in [2.05, 4.69) is 4.98 Å². The van der Waals surface area contributed by atoms with Gasteiger partial charge < -0.3 is 9.47 Å². The molecule has 7 heteroatoms. The summed E-state index contributed by atoms with van der Waals surface area (Å²) in [6.07, 6.45) is 2.74. The Kier molecular flexibility index (Phi) is 5.38. The number of carbonyl (C=O) groups is 2. The van der Waals surface area contributed by atoms with Gasteiger partial charge in [0.15, 0.2) is 24.0 Å². The van der Waals surface area contributed by atoms with E-state index in [0.29, 0.717) is 5.01 Å². The molecule has 3 aromatic rings. The SMILES string of the molecule is COc1ccc(C(=O)COC(=O)/C=C/c2nc3ccccc3s2)cc1F. The highest BCUT2D eigenvalue weighted by molar-refractivity contribution is 7.19. The third kappa shape index (κ3) is 4.12. The molecule has 132 valence electrons. The van der Waals surface area contributed by atoms with Gasteiger partial charge in [-0.1, -0.05) is 12.1 Å². The van der Waals surface area contributed by atoms with Crippen LogP contribution in [-0.4, -0.2) is 30.5 Å². The number of para-hydroxylation sites is 1. The topological polar surface area (TPSA) is 65.5 Å². The Morgan fingerprint density at radius 2 is 2.04 bits per heavy atom. The number of hydrogen-bond donors (Lipinski definition) is 0. The first-order chi connectivity index (χ1) is 12.6. The zero-order valence-corrected chi connectivity index (χ0v) is 14.6. The van der Waals surface area contributed by atoms with Crippen molar-refractivity contribution in [2.75, 3.05) is 13.7 Å². The van der Waals surface area contributed by atoms with Gasteiger partial charge >= 0.3 is 5.97 Å². The summed E-state index contributed by atoms with van der Waals surface area (Å²) in [6, 6.07) is 11.4. The fourth-order valence-electron chi connectivity index (χ4n) is 2.21. The van der Waals surface area contributed by atoms with E-state index in [1.807, 2.05) is 24.3 Å². The lowest BCUT2D eigenvalue weighted by molar-refractivity contribution is -0.136. The van der Waals surface area contributed by atoms with Crippen LogP contribution < -0.4 is 4.74 Å². The fourth-order valence-corrected chi connectivity index (χ4v) is 3.08. The lowest BCUT2D eigenvalue weighted by atomic mass is 10.1. The van der Waals surface area contributed by atoms with Crippen LogP contribution in [-0.2, 0) is 9.53 Å². The van der Waals surface area contributed by atoms with Crippen LogP contribution in [0, 0.1) is 5.82 Å². The van der Waals surface area contributed by atoms with Gasteiger partial charge in [-0.3, -0.25) is 4.79 Å². The fraction of sp³-hybridized carbons (Fsp3) is 0.105. The number of esters is 1. The minimum Gasteiger partial charge on any atom is -0.494 e. The number of ketones is 1. The largest absolute Gasteiger partial charge is 0.494 e. The lowest BCUT2D eigenvalue weighted by Crippen LogP contribution is -2.12. The molecule has 0 atom stereocenters. The van der Waals surface area contributed by atoms with Gasteiger partial charge in [-0.15, -0.1) is 11.3 Å². The highest BCUT2D eigenvalue weighted by atomic mass is 32.1. The molecule has 0 aliphatic heterocycles. The molecule has 0 spiro atoms. The molecule has 0 amide bonds. The molecule has 0 radical (unpaired) electrons.